The predicted molar refractivity (Wildman–Crippen MR) is 115 cm³/mol. The van der Waals surface area contributed by atoms with Gasteiger partial charge in [0.2, 0.25) is 0 Å². The van der Waals surface area contributed by atoms with E-state index in [0.717, 1.165) is 26.5 Å². The van der Waals surface area contributed by atoms with Crippen LogP contribution in [0.1, 0.15) is 5.56 Å². The smallest absolute Gasteiger partial charge is 0.259 e. The molecule has 0 saturated carbocycles. The van der Waals surface area contributed by atoms with Crippen molar-refractivity contribution in [2.24, 2.45) is 5.10 Å². The molecule has 144 valence electrons. The zero-order valence-corrected chi connectivity index (χ0v) is 17.1. The molecule has 1 amide bonds. The Bertz CT molecular complexity index is 1020. The summed E-state index contributed by atoms with van der Waals surface area (Å²) in [5, 5.41) is 9.36. The van der Waals surface area contributed by atoms with E-state index in [9.17, 15) is 4.79 Å². The molecule has 0 aromatic heterocycles. The number of carbonyl (C=O) groups excluding carboxylic acids is 1. The average molecular weight is 442 g/mol. The lowest BCUT2D eigenvalue weighted by molar-refractivity contribution is -0.119. The Hall–Kier alpha value is -3.06. The van der Waals surface area contributed by atoms with Crippen molar-refractivity contribution in [3.05, 3.63) is 64.6 Å². The molecule has 0 bridgehead atoms. The van der Waals surface area contributed by atoms with Crippen molar-refractivity contribution >= 4 is 44.5 Å². The monoisotopic (exact) mass is 441 g/mol. The first-order chi connectivity index (χ1) is 13.6. The van der Waals surface area contributed by atoms with Crippen molar-refractivity contribution < 1.29 is 14.3 Å². The van der Waals surface area contributed by atoms with Crippen LogP contribution in [0.4, 0.5) is 5.69 Å². The molecular weight excluding hydrogens is 422 g/mol. The van der Waals surface area contributed by atoms with Crippen molar-refractivity contribution in [1.29, 1.82) is 0 Å². The van der Waals surface area contributed by atoms with Crippen LogP contribution in [0.15, 0.2) is 64.2 Å². The minimum Gasteiger partial charge on any atom is -0.493 e. The van der Waals surface area contributed by atoms with Gasteiger partial charge in [0.05, 0.1) is 31.5 Å². The van der Waals surface area contributed by atoms with Gasteiger partial charge in [-0.3, -0.25) is 4.79 Å². The molecule has 0 fully saturated rings. The standard InChI is InChI=1S/C21H20BrN3O3/c1-27-19-10-14(9-18(22)21(19)28-2)12-24-25-20(26)13-23-17-8-7-15-5-3-4-6-16(15)11-17/h3-12,23H,13H2,1-2H3,(H,25,26)/b24-12+. The Labute approximate surface area is 171 Å². The third-order valence-electron chi connectivity index (χ3n) is 4.06. The van der Waals surface area contributed by atoms with Gasteiger partial charge >= 0.3 is 0 Å². The normalized spacial score (nSPS) is 10.8. The number of benzene rings is 3. The minimum absolute atomic E-state index is 0.116. The number of hydrazone groups is 1. The fourth-order valence-corrected chi connectivity index (χ4v) is 3.33. The van der Waals surface area contributed by atoms with Gasteiger partial charge in [0, 0.05) is 5.69 Å². The number of nitrogens with one attached hydrogen (secondary N) is 2. The van der Waals surface area contributed by atoms with Crippen LogP contribution in [-0.4, -0.2) is 32.9 Å². The Kier molecular flexibility index (Phi) is 6.49. The Morgan fingerprint density at radius 3 is 2.61 bits per heavy atom. The number of ether oxygens (including phenoxy) is 2. The van der Waals surface area contributed by atoms with Gasteiger partial charge in [-0.15, -0.1) is 0 Å². The van der Waals surface area contributed by atoms with Crippen molar-refractivity contribution in [1.82, 2.24) is 5.43 Å². The fourth-order valence-electron chi connectivity index (χ4n) is 2.71. The molecule has 0 saturated heterocycles. The number of carbonyl (C=O) groups is 1. The van der Waals surface area contributed by atoms with Crippen LogP contribution in [0.25, 0.3) is 10.8 Å². The topological polar surface area (TPSA) is 72.0 Å². The number of anilines is 1. The van der Waals surface area contributed by atoms with E-state index in [1.165, 1.54) is 0 Å². The third kappa shape index (κ3) is 4.80. The third-order valence-corrected chi connectivity index (χ3v) is 4.65. The predicted octanol–water partition coefficient (Wildman–Crippen LogP) is 4.18. The van der Waals surface area contributed by atoms with Crippen molar-refractivity contribution in [3.63, 3.8) is 0 Å². The zero-order valence-electron chi connectivity index (χ0n) is 15.5. The molecule has 2 N–H and O–H groups in total. The molecule has 28 heavy (non-hydrogen) atoms. The molecule has 0 aliphatic heterocycles. The second-order valence-electron chi connectivity index (χ2n) is 5.95. The van der Waals surface area contributed by atoms with Crippen LogP contribution >= 0.6 is 15.9 Å². The molecule has 0 spiro atoms. The Balaban J connectivity index is 1.57. The average Bonchev–Trinajstić information content (AvgIpc) is 2.71. The number of halogens is 1. The number of rotatable bonds is 7. The van der Waals surface area contributed by atoms with Crippen LogP contribution in [0, 0.1) is 0 Å². The molecular formula is C21H20BrN3O3. The first-order valence-corrected chi connectivity index (χ1v) is 9.36. The number of methoxy groups -OCH3 is 2. The summed E-state index contributed by atoms with van der Waals surface area (Å²) in [4.78, 5) is 12.0. The largest absolute Gasteiger partial charge is 0.493 e. The fraction of sp³-hybridized carbons (Fsp3) is 0.143. The molecule has 3 aromatic carbocycles. The van der Waals surface area contributed by atoms with Crippen molar-refractivity contribution in [2.45, 2.75) is 0 Å². The van der Waals surface area contributed by atoms with Gasteiger partial charge in [0.1, 0.15) is 0 Å². The SMILES string of the molecule is COc1cc(/C=N/NC(=O)CNc2ccc3ccccc3c2)cc(Br)c1OC. The molecule has 6 nitrogen and oxygen atoms in total. The lowest BCUT2D eigenvalue weighted by Crippen LogP contribution is -2.25. The number of nitrogens with zero attached hydrogens (tertiary/aromatic N) is 1. The summed E-state index contributed by atoms with van der Waals surface area (Å²) in [7, 11) is 3.13. The van der Waals surface area contributed by atoms with Crippen molar-refractivity contribution in [3.8, 4) is 11.5 Å². The molecule has 0 radical (unpaired) electrons. The summed E-state index contributed by atoms with van der Waals surface area (Å²) in [6, 6.07) is 17.6. The van der Waals surface area contributed by atoms with Gasteiger partial charge in [0.15, 0.2) is 11.5 Å². The lowest BCUT2D eigenvalue weighted by Gasteiger charge is -2.10. The molecule has 0 unspecified atom stereocenters. The van der Waals surface area contributed by atoms with Crippen LogP contribution in [0.2, 0.25) is 0 Å². The van der Waals surface area contributed by atoms with Gasteiger partial charge in [-0.1, -0.05) is 30.3 Å². The molecule has 0 heterocycles. The van der Waals surface area contributed by atoms with E-state index in [0.29, 0.717) is 11.5 Å². The molecule has 3 rings (SSSR count). The van der Waals surface area contributed by atoms with E-state index in [1.807, 2.05) is 48.5 Å². The van der Waals surface area contributed by atoms with E-state index in [2.05, 4.69) is 31.8 Å². The summed E-state index contributed by atoms with van der Waals surface area (Å²) < 4.78 is 11.3. The number of hydrogen-bond donors (Lipinski definition) is 2. The maximum atomic E-state index is 12.0. The Morgan fingerprint density at radius 2 is 1.86 bits per heavy atom. The Morgan fingerprint density at radius 1 is 1.07 bits per heavy atom. The van der Waals surface area contributed by atoms with E-state index in [4.69, 9.17) is 9.47 Å². The first kappa shape index (κ1) is 19.7. The number of fused-ring (bicyclic) bond motifs is 1. The highest BCUT2D eigenvalue weighted by atomic mass is 79.9. The van der Waals surface area contributed by atoms with Gasteiger partial charge in [0.25, 0.3) is 5.91 Å². The highest BCUT2D eigenvalue weighted by Crippen LogP contribution is 2.35. The summed E-state index contributed by atoms with van der Waals surface area (Å²) in [5.74, 6) is 0.926. The summed E-state index contributed by atoms with van der Waals surface area (Å²) in [6.45, 7) is 0.116. The summed E-state index contributed by atoms with van der Waals surface area (Å²) in [5.41, 5.74) is 4.14. The molecule has 0 aliphatic carbocycles. The molecule has 3 aromatic rings. The summed E-state index contributed by atoms with van der Waals surface area (Å²) >= 11 is 3.42. The van der Waals surface area contributed by atoms with Gasteiger partial charge in [-0.25, -0.2) is 5.43 Å². The quantitative estimate of drug-likeness (QED) is 0.426. The van der Waals surface area contributed by atoms with Crippen LogP contribution < -0.4 is 20.2 Å². The van der Waals surface area contributed by atoms with Gasteiger partial charge in [-0.05, 0) is 56.5 Å². The van der Waals surface area contributed by atoms with Crippen LogP contribution in [0.3, 0.4) is 0 Å². The molecule has 7 heteroatoms. The van der Waals surface area contributed by atoms with Gasteiger partial charge in [-0.2, -0.15) is 5.10 Å². The number of amides is 1. The highest BCUT2D eigenvalue weighted by Gasteiger charge is 2.09. The molecule has 0 aliphatic rings. The minimum atomic E-state index is -0.246. The van der Waals surface area contributed by atoms with Gasteiger partial charge < -0.3 is 14.8 Å². The van der Waals surface area contributed by atoms with Crippen LogP contribution in [0.5, 0.6) is 11.5 Å². The maximum absolute atomic E-state index is 12.0. The first-order valence-electron chi connectivity index (χ1n) is 8.57. The van der Waals surface area contributed by atoms with E-state index >= 15 is 0 Å². The van der Waals surface area contributed by atoms with E-state index < -0.39 is 0 Å². The zero-order chi connectivity index (χ0) is 19.9. The van der Waals surface area contributed by atoms with Crippen LogP contribution in [-0.2, 0) is 4.79 Å². The maximum Gasteiger partial charge on any atom is 0.259 e. The summed E-state index contributed by atoms with van der Waals surface area (Å²) in [6.07, 6.45) is 1.54. The van der Waals surface area contributed by atoms with E-state index in [1.54, 1.807) is 26.5 Å². The lowest BCUT2D eigenvalue weighted by atomic mass is 10.1. The number of hydrogen-bond acceptors (Lipinski definition) is 5. The van der Waals surface area contributed by atoms with E-state index in [-0.39, 0.29) is 12.5 Å². The second kappa shape index (κ2) is 9.23. The highest BCUT2D eigenvalue weighted by molar-refractivity contribution is 9.10. The second-order valence-corrected chi connectivity index (χ2v) is 6.80. The van der Waals surface area contributed by atoms with Crippen molar-refractivity contribution in [2.75, 3.05) is 26.1 Å². The molecule has 0 atom stereocenters.